The maximum atomic E-state index is 13.4. The van der Waals surface area contributed by atoms with Crippen molar-refractivity contribution in [2.75, 3.05) is 10.7 Å². The lowest BCUT2D eigenvalue weighted by molar-refractivity contribution is -0.116. The first-order valence-corrected chi connectivity index (χ1v) is 11.2. The van der Waals surface area contributed by atoms with Crippen molar-refractivity contribution in [1.29, 1.82) is 0 Å². The zero-order valence-corrected chi connectivity index (χ0v) is 18.6. The van der Waals surface area contributed by atoms with Crippen molar-refractivity contribution in [3.05, 3.63) is 70.5 Å². The molecule has 2 unspecified atom stereocenters. The molecule has 0 aliphatic carbocycles. The molecule has 0 saturated heterocycles. The van der Waals surface area contributed by atoms with Crippen LogP contribution < -0.4 is 10.7 Å². The standard InChI is InChI=1S/C23H27N5OS/c1-5-16-9-11-17(12-10-16)20-21(30-23-26-25-19(6-2)28(23)27-20)22(29)24-18-13-14(3)7-8-15(18)4/h7-13,20-21,27H,5-6H2,1-4H3,(H,24,29). The molecular weight excluding hydrogens is 394 g/mol. The first-order chi connectivity index (χ1) is 14.5. The third-order valence-electron chi connectivity index (χ3n) is 5.48. The normalized spacial score (nSPS) is 17.9. The summed E-state index contributed by atoms with van der Waals surface area (Å²) in [7, 11) is 0. The lowest BCUT2D eigenvalue weighted by Crippen LogP contribution is -2.41. The molecule has 0 spiro atoms. The van der Waals surface area contributed by atoms with E-state index in [-0.39, 0.29) is 17.2 Å². The van der Waals surface area contributed by atoms with Crippen molar-refractivity contribution in [2.24, 2.45) is 0 Å². The minimum Gasteiger partial charge on any atom is -0.325 e. The van der Waals surface area contributed by atoms with Crippen LogP contribution in [0.1, 0.15) is 48.0 Å². The number of nitrogens with zero attached hydrogens (tertiary/aromatic N) is 3. The van der Waals surface area contributed by atoms with Crippen molar-refractivity contribution >= 4 is 23.4 Å². The lowest BCUT2D eigenvalue weighted by atomic mass is 10.0. The van der Waals surface area contributed by atoms with Crippen LogP contribution in [0.5, 0.6) is 0 Å². The van der Waals surface area contributed by atoms with Crippen LogP contribution in [-0.4, -0.2) is 26.0 Å². The van der Waals surface area contributed by atoms with E-state index in [1.165, 1.54) is 17.3 Å². The van der Waals surface area contributed by atoms with Gasteiger partial charge in [0.15, 0.2) is 5.82 Å². The van der Waals surface area contributed by atoms with Gasteiger partial charge in [-0.15, -0.1) is 10.2 Å². The van der Waals surface area contributed by atoms with E-state index in [0.717, 1.165) is 46.2 Å². The number of aryl methyl sites for hydroxylation is 4. The van der Waals surface area contributed by atoms with Crippen molar-refractivity contribution in [1.82, 2.24) is 14.9 Å². The van der Waals surface area contributed by atoms with E-state index in [1.54, 1.807) is 0 Å². The third kappa shape index (κ3) is 3.94. The van der Waals surface area contributed by atoms with Crippen LogP contribution in [0.15, 0.2) is 47.6 Å². The monoisotopic (exact) mass is 421 g/mol. The molecule has 30 heavy (non-hydrogen) atoms. The predicted molar refractivity (Wildman–Crippen MR) is 122 cm³/mol. The molecule has 3 aromatic rings. The molecule has 1 aromatic heterocycles. The van der Waals surface area contributed by atoms with Crippen LogP contribution in [0.4, 0.5) is 5.69 Å². The van der Waals surface area contributed by atoms with E-state index >= 15 is 0 Å². The number of rotatable bonds is 5. The minimum atomic E-state index is -0.376. The van der Waals surface area contributed by atoms with E-state index in [0.29, 0.717) is 0 Å². The molecule has 2 aromatic carbocycles. The molecule has 1 amide bonds. The van der Waals surface area contributed by atoms with Gasteiger partial charge in [-0.1, -0.05) is 62.0 Å². The van der Waals surface area contributed by atoms with Gasteiger partial charge in [-0.05, 0) is 48.6 Å². The van der Waals surface area contributed by atoms with Gasteiger partial charge in [0, 0.05) is 12.1 Å². The molecular formula is C23H27N5OS. The number of benzene rings is 2. The van der Waals surface area contributed by atoms with E-state index in [2.05, 4.69) is 58.2 Å². The highest BCUT2D eigenvalue weighted by molar-refractivity contribution is 8.00. The van der Waals surface area contributed by atoms with Crippen molar-refractivity contribution in [3.8, 4) is 0 Å². The number of fused-ring (bicyclic) bond motifs is 1. The molecule has 1 aliphatic rings. The Morgan fingerprint density at radius 2 is 1.87 bits per heavy atom. The van der Waals surface area contributed by atoms with E-state index in [4.69, 9.17) is 0 Å². The number of hydrogen-bond donors (Lipinski definition) is 2. The summed E-state index contributed by atoms with van der Waals surface area (Å²) in [6.45, 7) is 8.22. The zero-order valence-electron chi connectivity index (χ0n) is 17.8. The van der Waals surface area contributed by atoms with Gasteiger partial charge in [-0.25, -0.2) is 4.68 Å². The molecule has 0 bridgehead atoms. The maximum Gasteiger partial charge on any atom is 0.240 e. The Labute approximate surface area is 181 Å². The highest BCUT2D eigenvalue weighted by Gasteiger charge is 2.37. The maximum absolute atomic E-state index is 13.4. The summed E-state index contributed by atoms with van der Waals surface area (Å²) in [5, 5.41) is 12.0. The van der Waals surface area contributed by atoms with Crippen LogP contribution in [-0.2, 0) is 17.6 Å². The van der Waals surface area contributed by atoms with Gasteiger partial charge in [-0.3, -0.25) is 4.79 Å². The smallest absolute Gasteiger partial charge is 0.240 e. The fourth-order valence-electron chi connectivity index (χ4n) is 3.61. The zero-order chi connectivity index (χ0) is 21.3. The number of hydrogen-bond acceptors (Lipinski definition) is 5. The van der Waals surface area contributed by atoms with Gasteiger partial charge in [0.2, 0.25) is 11.1 Å². The summed E-state index contributed by atoms with van der Waals surface area (Å²) in [6.07, 6.45) is 1.75. The third-order valence-corrected chi connectivity index (χ3v) is 6.69. The van der Waals surface area contributed by atoms with Crippen molar-refractivity contribution < 1.29 is 4.79 Å². The lowest BCUT2D eigenvalue weighted by Gasteiger charge is -2.33. The number of thioether (sulfide) groups is 1. The first kappa shape index (κ1) is 20.5. The molecule has 7 heteroatoms. The van der Waals surface area contributed by atoms with E-state index in [1.807, 2.05) is 37.6 Å². The van der Waals surface area contributed by atoms with Gasteiger partial charge in [0.25, 0.3) is 0 Å². The Balaban J connectivity index is 1.68. The Bertz CT molecular complexity index is 1060. The van der Waals surface area contributed by atoms with Gasteiger partial charge >= 0.3 is 0 Å². The SMILES string of the molecule is CCc1ccc(C2Nn3c(CC)nnc3SC2C(=O)Nc2cc(C)ccc2C)cc1. The van der Waals surface area contributed by atoms with E-state index in [9.17, 15) is 4.79 Å². The topological polar surface area (TPSA) is 71.8 Å². The van der Waals surface area contributed by atoms with Crippen LogP contribution in [0, 0.1) is 13.8 Å². The number of carbonyl (C=O) groups is 1. The van der Waals surface area contributed by atoms with Gasteiger partial charge in [0.1, 0.15) is 5.25 Å². The van der Waals surface area contributed by atoms with Crippen LogP contribution in [0.3, 0.4) is 0 Å². The van der Waals surface area contributed by atoms with Crippen molar-refractivity contribution in [3.63, 3.8) is 0 Å². The predicted octanol–water partition coefficient (Wildman–Crippen LogP) is 4.42. The van der Waals surface area contributed by atoms with Crippen LogP contribution in [0.25, 0.3) is 0 Å². The number of carbonyl (C=O) groups excluding carboxylic acids is 1. The second-order valence-corrected chi connectivity index (χ2v) is 8.74. The Morgan fingerprint density at radius 3 is 2.57 bits per heavy atom. The first-order valence-electron chi connectivity index (χ1n) is 10.3. The molecule has 2 heterocycles. The van der Waals surface area contributed by atoms with Crippen molar-refractivity contribution in [2.45, 2.75) is 57.0 Å². The van der Waals surface area contributed by atoms with Crippen LogP contribution >= 0.6 is 11.8 Å². The van der Waals surface area contributed by atoms with Gasteiger partial charge in [0.05, 0.1) is 6.04 Å². The number of aromatic nitrogens is 3. The molecule has 2 atom stereocenters. The average molecular weight is 422 g/mol. The second kappa shape index (κ2) is 8.52. The van der Waals surface area contributed by atoms with Crippen LogP contribution in [0.2, 0.25) is 0 Å². The highest BCUT2D eigenvalue weighted by atomic mass is 32.2. The summed E-state index contributed by atoms with van der Waals surface area (Å²) in [6, 6.07) is 14.4. The number of anilines is 1. The summed E-state index contributed by atoms with van der Waals surface area (Å²) in [5.74, 6) is 0.819. The fraction of sp³-hybridized carbons (Fsp3) is 0.348. The minimum absolute atomic E-state index is 0.0435. The fourth-order valence-corrected chi connectivity index (χ4v) is 4.71. The largest absolute Gasteiger partial charge is 0.325 e. The molecule has 6 nitrogen and oxygen atoms in total. The molecule has 1 aliphatic heterocycles. The summed E-state index contributed by atoms with van der Waals surface area (Å²) < 4.78 is 1.92. The summed E-state index contributed by atoms with van der Waals surface area (Å²) in [4.78, 5) is 13.4. The highest BCUT2D eigenvalue weighted by Crippen LogP contribution is 2.38. The molecule has 0 saturated carbocycles. The van der Waals surface area contributed by atoms with E-state index < -0.39 is 0 Å². The number of amides is 1. The Kier molecular flexibility index (Phi) is 5.81. The Hall–Kier alpha value is -2.80. The molecule has 0 radical (unpaired) electrons. The summed E-state index contributed by atoms with van der Waals surface area (Å²) >= 11 is 1.46. The molecule has 2 N–H and O–H groups in total. The average Bonchev–Trinajstić information content (AvgIpc) is 3.17. The number of nitrogens with one attached hydrogen (secondary N) is 2. The van der Waals surface area contributed by atoms with Gasteiger partial charge in [-0.2, -0.15) is 0 Å². The van der Waals surface area contributed by atoms with Gasteiger partial charge < -0.3 is 10.7 Å². The molecule has 0 fully saturated rings. The second-order valence-electron chi connectivity index (χ2n) is 7.64. The summed E-state index contributed by atoms with van der Waals surface area (Å²) in [5.41, 5.74) is 8.86. The molecule has 4 rings (SSSR count). The molecule has 156 valence electrons. The Morgan fingerprint density at radius 1 is 1.10 bits per heavy atom. The quantitative estimate of drug-likeness (QED) is 0.638.